The highest BCUT2D eigenvalue weighted by molar-refractivity contribution is 7.98. The topological polar surface area (TPSA) is 28.2 Å². The lowest BCUT2D eigenvalue weighted by Gasteiger charge is -2.23. The molecular formula is C15H29N3S2. The van der Waals surface area contributed by atoms with Gasteiger partial charge in [-0.3, -0.25) is 0 Å². The van der Waals surface area contributed by atoms with Crippen molar-refractivity contribution in [2.75, 3.05) is 30.5 Å². The second kappa shape index (κ2) is 8.90. The summed E-state index contributed by atoms with van der Waals surface area (Å²) in [7, 11) is 2.16. The normalized spacial score (nSPS) is 12.9. The second-order valence-corrected chi connectivity index (χ2v) is 7.52. The third kappa shape index (κ3) is 4.93. The molecule has 0 spiro atoms. The minimum atomic E-state index is 0.489. The Balaban J connectivity index is 2.84. The molecule has 1 aromatic heterocycles. The average Bonchev–Trinajstić information content (AvgIpc) is 2.83. The van der Waals surface area contributed by atoms with Crippen molar-refractivity contribution in [3.8, 4) is 0 Å². The molecule has 0 saturated heterocycles. The number of thioether (sulfide) groups is 1. The standard InChI is InChI=1S/C15H29N3S2/c1-7-8-16-9-13-14(11(2)3)17-15(20-13)18(5)12(4)10-19-6/h11-12,16H,7-10H2,1-6H3. The van der Waals surface area contributed by atoms with Gasteiger partial charge in [-0.25, -0.2) is 4.98 Å². The van der Waals surface area contributed by atoms with Crippen LogP contribution in [-0.4, -0.2) is 36.6 Å². The predicted molar refractivity (Wildman–Crippen MR) is 94.4 cm³/mol. The second-order valence-electron chi connectivity index (χ2n) is 5.55. The third-order valence-corrected chi connectivity index (χ3v) is 5.32. The molecule has 1 rings (SSSR count). The number of nitrogens with one attached hydrogen (secondary N) is 1. The van der Waals surface area contributed by atoms with Crippen LogP contribution in [-0.2, 0) is 6.54 Å². The molecular weight excluding hydrogens is 286 g/mol. The summed E-state index contributed by atoms with van der Waals surface area (Å²) in [5, 5.41) is 4.66. The maximum atomic E-state index is 4.89. The Morgan fingerprint density at radius 2 is 2.05 bits per heavy atom. The molecule has 0 amide bonds. The van der Waals surface area contributed by atoms with Gasteiger partial charge in [0.2, 0.25) is 0 Å². The van der Waals surface area contributed by atoms with Crippen LogP contribution >= 0.6 is 23.1 Å². The number of hydrogen-bond donors (Lipinski definition) is 1. The molecule has 116 valence electrons. The van der Waals surface area contributed by atoms with Crippen LogP contribution in [0.15, 0.2) is 0 Å². The van der Waals surface area contributed by atoms with Crippen molar-refractivity contribution in [3.63, 3.8) is 0 Å². The number of rotatable bonds is 9. The molecule has 1 N–H and O–H groups in total. The quantitative estimate of drug-likeness (QED) is 0.698. The molecule has 1 aromatic rings. The highest BCUT2D eigenvalue weighted by Crippen LogP contribution is 2.31. The van der Waals surface area contributed by atoms with E-state index in [0.29, 0.717) is 12.0 Å². The van der Waals surface area contributed by atoms with Gasteiger partial charge in [0, 0.05) is 30.3 Å². The largest absolute Gasteiger partial charge is 0.348 e. The number of anilines is 1. The van der Waals surface area contributed by atoms with Gasteiger partial charge >= 0.3 is 0 Å². The number of nitrogens with zero attached hydrogens (tertiary/aromatic N) is 2. The van der Waals surface area contributed by atoms with Crippen LogP contribution in [0.1, 0.15) is 50.6 Å². The van der Waals surface area contributed by atoms with E-state index in [1.54, 1.807) is 0 Å². The van der Waals surface area contributed by atoms with Gasteiger partial charge in [-0.1, -0.05) is 20.8 Å². The van der Waals surface area contributed by atoms with Crippen LogP contribution in [0.25, 0.3) is 0 Å². The highest BCUT2D eigenvalue weighted by Gasteiger charge is 2.18. The Kier molecular flexibility index (Phi) is 7.92. The van der Waals surface area contributed by atoms with Crippen LogP contribution in [0, 0.1) is 0 Å². The lowest BCUT2D eigenvalue weighted by Crippen LogP contribution is -2.30. The van der Waals surface area contributed by atoms with Crippen molar-refractivity contribution in [3.05, 3.63) is 10.6 Å². The van der Waals surface area contributed by atoms with E-state index >= 15 is 0 Å². The van der Waals surface area contributed by atoms with Crippen LogP contribution in [0.3, 0.4) is 0 Å². The molecule has 1 unspecified atom stereocenters. The van der Waals surface area contributed by atoms with E-state index in [1.165, 1.54) is 17.0 Å². The zero-order valence-electron chi connectivity index (χ0n) is 13.7. The summed E-state index contributed by atoms with van der Waals surface area (Å²) in [6, 6.07) is 0.521. The summed E-state index contributed by atoms with van der Waals surface area (Å²) in [6.45, 7) is 10.9. The lowest BCUT2D eigenvalue weighted by atomic mass is 10.1. The van der Waals surface area contributed by atoms with Crippen LogP contribution in [0.4, 0.5) is 5.13 Å². The van der Waals surface area contributed by atoms with Gasteiger partial charge in [0.25, 0.3) is 0 Å². The fourth-order valence-electron chi connectivity index (χ4n) is 2.00. The van der Waals surface area contributed by atoms with Crippen molar-refractivity contribution in [2.24, 2.45) is 0 Å². The van der Waals surface area contributed by atoms with E-state index < -0.39 is 0 Å². The van der Waals surface area contributed by atoms with Crippen molar-refractivity contribution in [1.82, 2.24) is 10.3 Å². The molecule has 1 atom stereocenters. The van der Waals surface area contributed by atoms with E-state index in [1.807, 2.05) is 23.1 Å². The Hall–Kier alpha value is -0.260. The molecule has 0 bridgehead atoms. The monoisotopic (exact) mass is 315 g/mol. The summed E-state index contributed by atoms with van der Waals surface area (Å²) in [4.78, 5) is 8.60. The maximum absolute atomic E-state index is 4.89. The third-order valence-electron chi connectivity index (χ3n) is 3.35. The van der Waals surface area contributed by atoms with Crippen molar-refractivity contribution < 1.29 is 0 Å². The Bertz CT molecular complexity index is 390. The lowest BCUT2D eigenvalue weighted by molar-refractivity contribution is 0.670. The van der Waals surface area contributed by atoms with E-state index in [9.17, 15) is 0 Å². The first kappa shape index (κ1) is 17.8. The summed E-state index contributed by atoms with van der Waals surface area (Å²) in [5.74, 6) is 1.62. The molecule has 3 nitrogen and oxygen atoms in total. The Morgan fingerprint density at radius 3 is 2.60 bits per heavy atom. The van der Waals surface area contributed by atoms with Gasteiger partial charge in [-0.05, 0) is 32.1 Å². The van der Waals surface area contributed by atoms with E-state index in [2.05, 4.69) is 51.2 Å². The van der Waals surface area contributed by atoms with Crippen molar-refractivity contribution >= 4 is 28.2 Å². The number of thiazole rings is 1. The first-order valence-corrected chi connectivity index (χ1v) is 9.64. The van der Waals surface area contributed by atoms with Gasteiger partial charge in [-0.15, -0.1) is 11.3 Å². The van der Waals surface area contributed by atoms with Gasteiger partial charge in [0.15, 0.2) is 5.13 Å². The Morgan fingerprint density at radius 1 is 1.35 bits per heavy atom. The molecule has 0 radical (unpaired) electrons. The molecule has 0 aromatic carbocycles. The molecule has 0 aliphatic heterocycles. The minimum Gasteiger partial charge on any atom is -0.348 e. The zero-order valence-corrected chi connectivity index (χ0v) is 15.3. The maximum Gasteiger partial charge on any atom is 0.185 e. The summed E-state index contributed by atoms with van der Waals surface area (Å²) in [6.07, 6.45) is 3.33. The van der Waals surface area contributed by atoms with Gasteiger partial charge in [0.05, 0.1) is 5.69 Å². The average molecular weight is 316 g/mol. The first-order chi connectivity index (χ1) is 9.51. The molecule has 0 saturated carbocycles. The van der Waals surface area contributed by atoms with Gasteiger partial charge in [0.1, 0.15) is 0 Å². The fraction of sp³-hybridized carbons (Fsp3) is 0.800. The number of aromatic nitrogens is 1. The Labute approximate surface area is 132 Å². The minimum absolute atomic E-state index is 0.489. The highest BCUT2D eigenvalue weighted by atomic mass is 32.2. The smallest absolute Gasteiger partial charge is 0.185 e. The molecule has 5 heteroatoms. The zero-order chi connectivity index (χ0) is 15.1. The molecule has 20 heavy (non-hydrogen) atoms. The van der Waals surface area contributed by atoms with Crippen LogP contribution in [0.5, 0.6) is 0 Å². The fourth-order valence-corrected chi connectivity index (χ4v) is 3.95. The van der Waals surface area contributed by atoms with Gasteiger partial charge < -0.3 is 10.2 Å². The molecule has 1 heterocycles. The summed E-state index contributed by atoms with van der Waals surface area (Å²) >= 11 is 3.73. The van der Waals surface area contributed by atoms with Crippen LogP contribution < -0.4 is 10.2 Å². The number of hydrogen-bond acceptors (Lipinski definition) is 5. The SMILES string of the molecule is CCCNCc1sc(N(C)C(C)CSC)nc1C(C)C. The van der Waals surface area contributed by atoms with Gasteiger partial charge in [-0.2, -0.15) is 11.8 Å². The van der Waals surface area contributed by atoms with E-state index in [0.717, 1.165) is 24.0 Å². The molecule has 0 aliphatic carbocycles. The van der Waals surface area contributed by atoms with Crippen molar-refractivity contribution in [2.45, 2.75) is 52.6 Å². The summed E-state index contributed by atoms with van der Waals surface area (Å²) in [5.41, 5.74) is 1.26. The predicted octanol–water partition coefficient (Wildman–Crippen LogP) is 3.95. The van der Waals surface area contributed by atoms with Crippen LogP contribution in [0.2, 0.25) is 0 Å². The van der Waals surface area contributed by atoms with Crippen molar-refractivity contribution in [1.29, 1.82) is 0 Å². The van der Waals surface area contributed by atoms with E-state index in [4.69, 9.17) is 4.98 Å². The molecule has 0 fully saturated rings. The molecule has 0 aliphatic rings. The van der Waals surface area contributed by atoms with E-state index in [-0.39, 0.29) is 0 Å². The summed E-state index contributed by atoms with van der Waals surface area (Å²) < 4.78 is 0. The first-order valence-electron chi connectivity index (χ1n) is 7.43.